The van der Waals surface area contributed by atoms with Crippen molar-refractivity contribution in [1.29, 1.82) is 0 Å². The number of nitrogens with one attached hydrogen (secondary N) is 3. The van der Waals surface area contributed by atoms with E-state index in [-0.39, 0.29) is 53.3 Å². The molecule has 4 aromatic carbocycles. The van der Waals surface area contributed by atoms with Gasteiger partial charge in [-0.1, -0.05) is 45.2 Å². The Hall–Kier alpha value is -6.89. The number of nitrogens with zero attached hydrogens (tertiary/aromatic N) is 1. The number of phenols is 2. The largest absolute Gasteiger partial charge is 0.507 e. The lowest BCUT2D eigenvalue weighted by Gasteiger charge is -2.37. The molecular formula is C42H38N4O9. The number of benzene rings is 4. The number of anilines is 2. The Kier molecular flexibility index (Phi) is 8.96. The average Bonchev–Trinajstić information content (AvgIpc) is 3.62. The summed E-state index contributed by atoms with van der Waals surface area (Å²) in [6.45, 7) is 13.3. The molecule has 0 saturated carbocycles. The number of urea groups is 1. The molecule has 7 rings (SSSR count). The van der Waals surface area contributed by atoms with Crippen molar-refractivity contribution in [3.8, 4) is 23.0 Å². The van der Waals surface area contributed by atoms with E-state index < -0.39 is 28.9 Å². The predicted molar refractivity (Wildman–Crippen MR) is 203 cm³/mol. The van der Waals surface area contributed by atoms with Gasteiger partial charge >= 0.3 is 12.0 Å². The molecular weight excluding hydrogens is 704 g/mol. The zero-order chi connectivity index (χ0) is 39.4. The molecule has 1 atom stereocenters. The van der Waals surface area contributed by atoms with Crippen LogP contribution in [0.2, 0.25) is 0 Å². The van der Waals surface area contributed by atoms with Crippen LogP contribution in [0.25, 0.3) is 13.2 Å². The van der Waals surface area contributed by atoms with E-state index in [1.54, 1.807) is 75.4 Å². The van der Waals surface area contributed by atoms with Crippen LogP contribution in [0.4, 0.5) is 16.2 Å². The summed E-state index contributed by atoms with van der Waals surface area (Å²) >= 11 is 0. The predicted octanol–water partition coefficient (Wildman–Crippen LogP) is 4.54. The van der Waals surface area contributed by atoms with Crippen molar-refractivity contribution >= 4 is 54.3 Å². The molecule has 0 saturated heterocycles. The topological polar surface area (TPSA) is 184 Å². The normalized spacial score (nSPS) is 16.6. The van der Waals surface area contributed by atoms with Gasteiger partial charge in [-0.25, -0.2) is 9.59 Å². The van der Waals surface area contributed by atoms with Crippen LogP contribution >= 0.6 is 0 Å². The van der Waals surface area contributed by atoms with E-state index in [0.29, 0.717) is 62.7 Å². The fourth-order valence-electron chi connectivity index (χ4n) is 7.48. The first-order valence-corrected chi connectivity index (χ1v) is 17.5. The third-order valence-corrected chi connectivity index (χ3v) is 10.2. The summed E-state index contributed by atoms with van der Waals surface area (Å²) in [6.07, 6.45) is 2.67. The minimum atomic E-state index is -1.40. The van der Waals surface area contributed by atoms with Crippen LogP contribution in [0.5, 0.6) is 23.0 Å². The molecule has 280 valence electrons. The Morgan fingerprint density at radius 2 is 1.45 bits per heavy atom. The first-order chi connectivity index (χ1) is 26.1. The highest BCUT2D eigenvalue weighted by molar-refractivity contribution is 6.12. The fourth-order valence-corrected chi connectivity index (χ4v) is 7.48. The SMILES string of the molecule is C=c1c(C)c(O)c(=C)c(C(C)(C)CC(=O)Nc2ccc3c(c2)Oc2cc(NC(=O)NCCCN4C(=O)C=CC4=O)ccc2C32OC(=O)c3ccccc32)c1O. The summed E-state index contributed by atoms with van der Waals surface area (Å²) in [5.74, 6) is -1.34. The van der Waals surface area contributed by atoms with Gasteiger partial charge in [0.15, 0.2) is 5.60 Å². The number of aromatic hydroxyl groups is 2. The lowest BCUT2D eigenvalue weighted by molar-refractivity contribution is -0.136. The summed E-state index contributed by atoms with van der Waals surface area (Å²) in [6, 6.07) is 16.5. The molecule has 55 heavy (non-hydrogen) atoms. The molecule has 3 aliphatic heterocycles. The minimum absolute atomic E-state index is 0.0936. The lowest BCUT2D eigenvalue weighted by Crippen LogP contribution is -2.35. The molecule has 0 radical (unpaired) electrons. The fraction of sp³-hybridized carbons (Fsp3) is 0.214. The smallest absolute Gasteiger partial charge is 0.340 e. The Morgan fingerprint density at radius 1 is 0.836 bits per heavy atom. The monoisotopic (exact) mass is 742 g/mol. The van der Waals surface area contributed by atoms with Crippen LogP contribution in [0, 0.1) is 6.92 Å². The van der Waals surface area contributed by atoms with Crippen molar-refractivity contribution in [3.63, 3.8) is 0 Å². The van der Waals surface area contributed by atoms with Crippen molar-refractivity contribution in [2.45, 2.75) is 44.6 Å². The van der Waals surface area contributed by atoms with E-state index in [4.69, 9.17) is 9.47 Å². The van der Waals surface area contributed by atoms with Crippen LogP contribution < -0.4 is 31.1 Å². The highest BCUT2D eigenvalue weighted by atomic mass is 16.6. The second-order valence-electron chi connectivity index (χ2n) is 14.3. The molecule has 5 amide bonds. The van der Waals surface area contributed by atoms with Crippen LogP contribution in [0.15, 0.2) is 72.8 Å². The van der Waals surface area contributed by atoms with Gasteiger partial charge in [-0.3, -0.25) is 19.3 Å². The van der Waals surface area contributed by atoms with Crippen molar-refractivity contribution in [1.82, 2.24) is 10.2 Å². The third kappa shape index (κ3) is 6.22. The number of hydrogen-bond acceptors (Lipinski definition) is 9. The number of phenolic OH excluding ortho intramolecular Hbond substituents is 2. The average molecular weight is 743 g/mol. The first-order valence-electron chi connectivity index (χ1n) is 17.5. The van der Waals surface area contributed by atoms with Crippen LogP contribution in [-0.2, 0) is 30.1 Å². The molecule has 0 aliphatic carbocycles. The number of ether oxygens (including phenoxy) is 2. The van der Waals surface area contributed by atoms with Gasteiger partial charge in [-0.15, -0.1) is 0 Å². The number of fused-ring (bicyclic) bond motifs is 6. The zero-order valence-electron chi connectivity index (χ0n) is 30.4. The third-order valence-electron chi connectivity index (χ3n) is 10.2. The van der Waals surface area contributed by atoms with Gasteiger partial charge in [0.05, 0.1) is 5.56 Å². The molecule has 0 aromatic heterocycles. The maximum Gasteiger partial charge on any atom is 0.340 e. The first kappa shape index (κ1) is 36.5. The summed E-state index contributed by atoms with van der Waals surface area (Å²) in [7, 11) is 0. The Labute approximate surface area is 315 Å². The van der Waals surface area contributed by atoms with E-state index in [1.807, 2.05) is 6.07 Å². The summed E-state index contributed by atoms with van der Waals surface area (Å²) in [5.41, 5.74) is 1.13. The van der Waals surface area contributed by atoms with E-state index in [2.05, 4.69) is 29.1 Å². The van der Waals surface area contributed by atoms with E-state index in [1.165, 1.54) is 12.2 Å². The molecule has 4 aromatic rings. The summed E-state index contributed by atoms with van der Waals surface area (Å²) < 4.78 is 12.6. The maximum atomic E-state index is 13.5. The second kappa shape index (κ2) is 13.5. The van der Waals surface area contributed by atoms with Crippen molar-refractivity contribution < 1.29 is 43.7 Å². The quantitative estimate of drug-likeness (QED) is 0.0712. The number of esters is 1. The van der Waals surface area contributed by atoms with Gasteiger partial charge in [0, 0.05) is 98.8 Å². The van der Waals surface area contributed by atoms with Crippen molar-refractivity contribution in [2.75, 3.05) is 23.7 Å². The van der Waals surface area contributed by atoms with Gasteiger partial charge in [0.1, 0.15) is 23.0 Å². The minimum Gasteiger partial charge on any atom is -0.507 e. The Bertz CT molecular complexity index is 2470. The molecule has 1 spiro atoms. The number of rotatable bonds is 9. The second-order valence-corrected chi connectivity index (χ2v) is 14.3. The summed E-state index contributed by atoms with van der Waals surface area (Å²) in [5, 5.41) is 30.4. The van der Waals surface area contributed by atoms with E-state index in [0.717, 1.165) is 4.90 Å². The van der Waals surface area contributed by atoms with Gasteiger partial charge in [0.2, 0.25) is 5.91 Å². The standard InChI is InChI=1S/C42H38N4O9/c1-22-23(2)38(51)36(24(3)37(22)50)41(4,5)21-33(47)44-25-11-13-29-31(19-25)54-32-20-26(45-40(53)43-17-8-18-46-34(48)15-16-35(46)49)12-14-30(32)42(29)28-10-7-6-9-27(28)39(52)55-42/h6-7,9-16,19-20,50-51H,2-3,8,17-18,21H2,1,4-5H3,(H,44,47)(H2,43,45,53). The molecule has 0 bridgehead atoms. The van der Waals surface area contributed by atoms with Gasteiger partial charge < -0.3 is 35.6 Å². The van der Waals surface area contributed by atoms with Gasteiger partial charge in [0.25, 0.3) is 11.8 Å². The molecule has 0 fully saturated rings. The zero-order valence-corrected chi connectivity index (χ0v) is 30.4. The molecule has 13 nitrogen and oxygen atoms in total. The lowest BCUT2D eigenvalue weighted by atomic mass is 9.77. The van der Waals surface area contributed by atoms with Crippen molar-refractivity contribution in [3.05, 3.63) is 117 Å². The number of amides is 5. The number of carbonyl (C=O) groups is 5. The van der Waals surface area contributed by atoms with Crippen molar-refractivity contribution in [2.24, 2.45) is 0 Å². The maximum absolute atomic E-state index is 13.5. The number of imide groups is 1. The van der Waals surface area contributed by atoms with Crippen LogP contribution in [0.1, 0.15) is 64.9 Å². The molecule has 13 heteroatoms. The van der Waals surface area contributed by atoms with E-state index in [9.17, 15) is 34.2 Å². The molecule has 5 N–H and O–H groups in total. The Morgan fingerprint density at radius 3 is 2.11 bits per heavy atom. The van der Waals surface area contributed by atoms with Crippen LogP contribution in [0.3, 0.4) is 0 Å². The molecule has 3 aliphatic rings. The van der Waals surface area contributed by atoms with Gasteiger partial charge in [-0.05, 0) is 43.7 Å². The highest BCUT2D eigenvalue weighted by Gasteiger charge is 2.53. The highest BCUT2D eigenvalue weighted by Crippen LogP contribution is 2.56. The Balaban J connectivity index is 1.14. The van der Waals surface area contributed by atoms with Gasteiger partial charge in [-0.2, -0.15) is 0 Å². The molecule has 1 unspecified atom stereocenters. The summed E-state index contributed by atoms with van der Waals surface area (Å²) in [4.78, 5) is 64.3. The molecule has 3 heterocycles. The number of carbonyl (C=O) groups excluding carboxylic acids is 5. The van der Waals surface area contributed by atoms with E-state index >= 15 is 0 Å². The number of hydrogen-bond donors (Lipinski definition) is 5. The van der Waals surface area contributed by atoms with Crippen LogP contribution in [-0.4, -0.2) is 57.9 Å².